The number of amides is 1. The van der Waals surface area contributed by atoms with E-state index in [1.165, 1.54) is 7.11 Å². The number of hydrogen-bond acceptors (Lipinski definition) is 3. The first-order valence-corrected chi connectivity index (χ1v) is 6.17. The lowest BCUT2D eigenvalue weighted by Crippen LogP contribution is -2.53. The molecule has 0 aromatic heterocycles. The number of ether oxygens (including phenoxy) is 1. The molecule has 1 fully saturated rings. The van der Waals surface area contributed by atoms with Crippen LogP contribution in [0.25, 0.3) is 0 Å². The second-order valence-corrected chi connectivity index (χ2v) is 5.81. The quantitative estimate of drug-likeness (QED) is 0.748. The molecule has 4 nitrogen and oxygen atoms in total. The van der Waals surface area contributed by atoms with Crippen molar-refractivity contribution in [2.45, 2.75) is 52.5 Å². The van der Waals surface area contributed by atoms with E-state index in [0.717, 1.165) is 12.8 Å². The second kappa shape index (κ2) is 4.67. The molecule has 0 radical (unpaired) electrons. The molecule has 17 heavy (non-hydrogen) atoms. The highest BCUT2D eigenvalue weighted by atomic mass is 16.5. The van der Waals surface area contributed by atoms with Crippen LogP contribution in [0, 0.1) is 11.3 Å². The number of carbonyl (C=O) groups is 2. The monoisotopic (exact) mass is 241 g/mol. The Labute approximate surface area is 103 Å². The molecule has 0 aromatic carbocycles. The third-order valence-corrected chi connectivity index (χ3v) is 3.61. The summed E-state index contributed by atoms with van der Waals surface area (Å²) in [6, 6.07) is 0. The maximum atomic E-state index is 12.0. The van der Waals surface area contributed by atoms with Gasteiger partial charge in [0.05, 0.1) is 7.11 Å². The molecular formula is C13H23NO3. The van der Waals surface area contributed by atoms with Crippen LogP contribution in [0.4, 0.5) is 0 Å². The van der Waals surface area contributed by atoms with Crippen LogP contribution < -0.4 is 5.32 Å². The Morgan fingerprint density at radius 1 is 1.47 bits per heavy atom. The zero-order valence-corrected chi connectivity index (χ0v) is 11.4. The first-order chi connectivity index (χ1) is 7.77. The predicted octanol–water partition coefficient (Wildman–Crippen LogP) is 1.88. The Morgan fingerprint density at radius 3 is 2.35 bits per heavy atom. The second-order valence-electron chi connectivity index (χ2n) is 5.81. The number of methoxy groups -OCH3 is 1. The smallest absolute Gasteiger partial charge is 0.331 e. The number of nitrogens with one attached hydrogen (secondary N) is 1. The minimum Gasteiger partial charge on any atom is -0.467 e. The Bertz CT molecular complexity index is 325. The van der Waals surface area contributed by atoms with E-state index >= 15 is 0 Å². The summed E-state index contributed by atoms with van der Waals surface area (Å²) < 4.78 is 4.77. The van der Waals surface area contributed by atoms with E-state index in [0.29, 0.717) is 6.42 Å². The van der Waals surface area contributed by atoms with Crippen molar-refractivity contribution in [3.8, 4) is 0 Å². The minimum atomic E-state index is -0.890. The summed E-state index contributed by atoms with van der Waals surface area (Å²) in [5.74, 6) is -0.370. The summed E-state index contributed by atoms with van der Waals surface area (Å²) in [4.78, 5) is 23.7. The van der Waals surface area contributed by atoms with E-state index < -0.39 is 5.54 Å². The van der Waals surface area contributed by atoms with Crippen molar-refractivity contribution in [1.82, 2.24) is 5.32 Å². The fraction of sp³-hybridized carbons (Fsp3) is 0.846. The highest BCUT2D eigenvalue weighted by Gasteiger charge is 2.52. The van der Waals surface area contributed by atoms with Gasteiger partial charge in [-0.25, -0.2) is 4.79 Å². The van der Waals surface area contributed by atoms with E-state index in [9.17, 15) is 9.59 Å². The van der Waals surface area contributed by atoms with Crippen LogP contribution in [0.2, 0.25) is 0 Å². The average molecular weight is 241 g/mol. The molecule has 1 aliphatic rings. The summed E-state index contributed by atoms with van der Waals surface area (Å²) in [5.41, 5.74) is -0.813. The molecule has 4 heteroatoms. The van der Waals surface area contributed by atoms with Crippen LogP contribution in [0.5, 0.6) is 0 Å². The highest BCUT2D eigenvalue weighted by Crippen LogP contribution is 2.51. The van der Waals surface area contributed by atoms with Crippen molar-refractivity contribution in [3.05, 3.63) is 0 Å². The van der Waals surface area contributed by atoms with Crippen molar-refractivity contribution in [2.75, 3.05) is 7.11 Å². The van der Waals surface area contributed by atoms with E-state index in [1.807, 2.05) is 6.92 Å². The van der Waals surface area contributed by atoms with Gasteiger partial charge in [-0.05, 0) is 25.2 Å². The summed E-state index contributed by atoms with van der Waals surface area (Å²) in [6.45, 7) is 7.84. The van der Waals surface area contributed by atoms with Gasteiger partial charge in [0.15, 0.2) is 0 Å². The van der Waals surface area contributed by atoms with Gasteiger partial charge in [0.25, 0.3) is 0 Å². The van der Waals surface area contributed by atoms with Crippen molar-refractivity contribution < 1.29 is 14.3 Å². The molecule has 2 unspecified atom stereocenters. The molecule has 1 N–H and O–H groups in total. The molecule has 2 atom stereocenters. The molecule has 0 heterocycles. The molecule has 0 saturated heterocycles. The van der Waals surface area contributed by atoms with Crippen LogP contribution in [0.15, 0.2) is 0 Å². The predicted molar refractivity (Wildman–Crippen MR) is 65.4 cm³/mol. The fourth-order valence-electron chi connectivity index (χ4n) is 2.21. The zero-order chi connectivity index (χ0) is 13.3. The van der Waals surface area contributed by atoms with Gasteiger partial charge in [-0.3, -0.25) is 4.79 Å². The average Bonchev–Trinajstić information content (AvgIpc) is 2.87. The maximum Gasteiger partial charge on any atom is 0.331 e. The van der Waals surface area contributed by atoms with Gasteiger partial charge in [-0.2, -0.15) is 0 Å². The molecule has 0 aliphatic heterocycles. The van der Waals surface area contributed by atoms with Crippen molar-refractivity contribution in [2.24, 2.45) is 11.3 Å². The molecule has 1 rings (SSSR count). The van der Waals surface area contributed by atoms with E-state index in [-0.39, 0.29) is 23.2 Å². The first kappa shape index (κ1) is 14.0. The van der Waals surface area contributed by atoms with E-state index in [2.05, 4.69) is 19.2 Å². The molecule has 1 aliphatic carbocycles. The normalized spacial score (nSPS) is 24.6. The van der Waals surface area contributed by atoms with Crippen LogP contribution in [-0.4, -0.2) is 24.5 Å². The van der Waals surface area contributed by atoms with Gasteiger partial charge in [0.1, 0.15) is 5.54 Å². The van der Waals surface area contributed by atoms with Gasteiger partial charge in [0.2, 0.25) is 5.91 Å². The third-order valence-electron chi connectivity index (χ3n) is 3.61. The third kappa shape index (κ3) is 2.99. The SMILES string of the molecule is CCCC(C)(NC(=O)C1CC1(C)C)C(=O)OC. The Balaban J connectivity index is 2.67. The summed E-state index contributed by atoms with van der Waals surface area (Å²) in [7, 11) is 1.35. The lowest BCUT2D eigenvalue weighted by Gasteiger charge is -2.27. The van der Waals surface area contributed by atoms with Crippen LogP contribution in [0.3, 0.4) is 0 Å². The van der Waals surface area contributed by atoms with Gasteiger partial charge in [0, 0.05) is 5.92 Å². The van der Waals surface area contributed by atoms with Gasteiger partial charge in [-0.1, -0.05) is 27.2 Å². The molecule has 1 amide bonds. The topological polar surface area (TPSA) is 55.4 Å². The molecular weight excluding hydrogens is 218 g/mol. The lowest BCUT2D eigenvalue weighted by molar-refractivity contribution is -0.150. The first-order valence-electron chi connectivity index (χ1n) is 6.17. The largest absolute Gasteiger partial charge is 0.467 e. The minimum absolute atomic E-state index is 0.0309. The Hall–Kier alpha value is -1.06. The van der Waals surface area contributed by atoms with Gasteiger partial charge >= 0.3 is 5.97 Å². The number of esters is 1. The summed E-state index contributed by atoms with van der Waals surface area (Å²) in [6.07, 6.45) is 2.31. The Kier molecular flexibility index (Phi) is 3.84. The standard InChI is InChI=1S/C13H23NO3/c1-6-7-13(4,11(16)17-5)14-10(15)9-8-12(9,2)3/h9H,6-8H2,1-5H3,(H,14,15). The fourth-order valence-corrected chi connectivity index (χ4v) is 2.21. The van der Waals surface area contributed by atoms with Gasteiger partial charge in [-0.15, -0.1) is 0 Å². The van der Waals surface area contributed by atoms with Crippen molar-refractivity contribution in [1.29, 1.82) is 0 Å². The molecule has 0 spiro atoms. The van der Waals surface area contributed by atoms with Crippen molar-refractivity contribution in [3.63, 3.8) is 0 Å². The van der Waals surface area contributed by atoms with Crippen LogP contribution in [-0.2, 0) is 14.3 Å². The lowest BCUT2D eigenvalue weighted by atomic mass is 9.95. The molecule has 1 saturated carbocycles. The highest BCUT2D eigenvalue weighted by molar-refractivity contribution is 5.90. The number of rotatable bonds is 5. The number of carbonyl (C=O) groups excluding carboxylic acids is 2. The van der Waals surface area contributed by atoms with Crippen LogP contribution in [0.1, 0.15) is 47.0 Å². The molecule has 0 aromatic rings. The van der Waals surface area contributed by atoms with Crippen molar-refractivity contribution >= 4 is 11.9 Å². The van der Waals surface area contributed by atoms with Gasteiger partial charge < -0.3 is 10.1 Å². The van der Waals surface area contributed by atoms with E-state index in [1.54, 1.807) is 6.92 Å². The zero-order valence-electron chi connectivity index (χ0n) is 11.4. The molecule has 0 bridgehead atoms. The molecule has 98 valence electrons. The summed E-state index contributed by atoms with van der Waals surface area (Å²) in [5, 5.41) is 2.85. The Morgan fingerprint density at radius 2 is 2.00 bits per heavy atom. The number of hydrogen-bond donors (Lipinski definition) is 1. The van der Waals surface area contributed by atoms with Crippen LogP contribution >= 0.6 is 0 Å². The maximum absolute atomic E-state index is 12.0. The summed E-state index contributed by atoms with van der Waals surface area (Å²) >= 11 is 0. The van der Waals surface area contributed by atoms with E-state index in [4.69, 9.17) is 4.74 Å².